The first-order valence-electron chi connectivity index (χ1n) is 13.4. The average Bonchev–Trinajstić information content (AvgIpc) is 3.00. The molecule has 1 atom stereocenters. The van der Waals surface area contributed by atoms with E-state index in [4.69, 9.17) is 0 Å². The SMILES string of the molecule is Oc1cccc(N(c2cccc(O)c2)C2(N(c3ccccc3)c3ccccc3)C=CC(c3ccccc3)=CC2)c1. The quantitative estimate of drug-likeness (QED) is 0.210. The van der Waals surface area contributed by atoms with Crippen molar-refractivity contribution in [3.8, 4) is 11.5 Å². The molecule has 1 unspecified atom stereocenters. The summed E-state index contributed by atoms with van der Waals surface area (Å²) in [4.78, 5) is 4.52. The number of nitrogens with zero attached hydrogens (tertiary/aromatic N) is 2. The van der Waals surface area contributed by atoms with Crippen molar-refractivity contribution < 1.29 is 10.2 Å². The lowest BCUT2D eigenvalue weighted by atomic mass is 9.88. The lowest BCUT2D eigenvalue weighted by Crippen LogP contribution is -2.57. The second-order valence-corrected chi connectivity index (χ2v) is 9.82. The number of allylic oxidation sites excluding steroid dienone is 2. The molecule has 40 heavy (non-hydrogen) atoms. The van der Waals surface area contributed by atoms with Crippen molar-refractivity contribution in [2.24, 2.45) is 0 Å². The van der Waals surface area contributed by atoms with Gasteiger partial charge < -0.3 is 20.0 Å². The van der Waals surface area contributed by atoms with E-state index in [9.17, 15) is 10.2 Å². The molecule has 0 aliphatic heterocycles. The smallest absolute Gasteiger partial charge is 0.145 e. The number of aromatic hydroxyl groups is 2. The molecule has 5 aromatic carbocycles. The highest BCUT2D eigenvalue weighted by Crippen LogP contribution is 2.47. The summed E-state index contributed by atoms with van der Waals surface area (Å²) in [6, 6.07) is 45.6. The highest BCUT2D eigenvalue weighted by molar-refractivity contribution is 5.82. The standard InChI is InChI=1S/C36H30N2O2/c39-34-20-10-18-32(26-34)38(33-19-11-21-35(40)27-33)36(24-22-29(23-25-36)28-12-4-1-5-13-28)37(30-14-6-2-7-15-30)31-16-8-3-9-17-31/h1-24,26-27,39-40H,25H2. The Balaban J connectivity index is 1.63. The van der Waals surface area contributed by atoms with E-state index in [0.717, 1.165) is 33.9 Å². The molecule has 0 heterocycles. The summed E-state index contributed by atoms with van der Waals surface area (Å²) in [7, 11) is 0. The van der Waals surface area contributed by atoms with Gasteiger partial charge in [-0.25, -0.2) is 0 Å². The lowest BCUT2D eigenvalue weighted by molar-refractivity contribution is 0.472. The third-order valence-corrected chi connectivity index (χ3v) is 7.24. The van der Waals surface area contributed by atoms with Gasteiger partial charge in [0, 0.05) is 41.3 Å². The Hall–Kier alpha value is -5.22. The van der Waals surface area contributed by atoms with Crippen LogP contribution in [0.2, 0.25) is 0 Å². The van der Waals surface area contributed by atoms with E-state index in [2.05, 4.69) is 76.6 Å². The van der Waals surface area contributed by atoms with Crippen LogP contribution in [0, 0.1) is 0 Å². The minimum atomic E-state index is -0.789. The van der Waals surface area contributed by atoms with Crippen molar-refractivity contribution >= 4 is 28.3 Å². The molecule has 0 bridgehead atoms. The molecule has 4 nitrogen and oxygen atoms in total. The van der Waals surface area contributed by atoms with E-state index in [-0.39, 0.29) is 11.5 Å². The molecule has 1 aliphatic carbocycles. The van der Waals surface area contributed by atoms with Gasteiger partial charge in [-0.05, 0) is 65.7 Å². The van der Waals surface area contributed by atoms with Crippen LogP contribution in [-0.2, 0) is 0 Å². The van der Waals surface area contributed by atoms with Gasteiger partial charge in [0.05, 0.1) is 0 Å². The van der Waals surface area contributed by atoms with Gasteiger partial charge in [0.15, 0.2) is 0 Å². The van der Waals surface area contributed by atoms with Crippen LogP contribution in [0.1, 0.15) is 12.0 Å². The summed E-state index contributed by atoms with van der Waals surface area (Å²) in [6.07, 6.45) is 7.30. The summed E-state index contributed by atoms with van der Waals surface area (Å²) >= 11 is 0. The third kappa shape index (κ3) is 4.83. The Bertz CT molecular complexity index is 1560. The zero-order valence-corrected chi connectivity index (χ0v) is 22.0. The number of anilines is 4. The van der Waals surface area contributed by atoms with E-state index in [0.29, 0.717) is 6.42 Å². The monoisotopic (exact) mass is 522 g/mol. The molecule has 0 saturated carbocycles. The first-order chi connectivity index (χ1) is 19.6. The Kier molecular flexibility index (Phi) is 6.82. The van der Waals surface area contributed by atoms with Crippen molar-refractivity contribution in [2.45, 2.75) is 12.1 Å². The molecular weight excluding hydrogens is 492 g/mol. The molecular formula is C36H30N2O2. The van der Waals surface area contributed by atoms with Gasteiger partial charge in [-0.15, -0.1) is 0 Å². The molecule has 196 valence electrons. The van der Waals surface area contributed by atoms with Crippen LogP contribution in [0.15, 0.2) is 158 Å². The van der Waals surface area contributed by atoms with Crippen LogP contribution >= 0.6 is 0 Å². The van der Waals surface area contributed by atoms with Crippen molar-refractivity contribution in [2.75, 3.05) is 9.80 Å². The van der Waals surface area contributed by atoms with Gasteiger partial charge in [0.1, 0.15) is 17.2 Å². The Morgan fingerprint density at radius 3 is 1.40 bits per heavy atom. The van der Waals surface area contributed by atoms with Crippen LogP contribution in [0.5, 0.6) is 11.5 Å². The topological polar surface area (TPSA) is 46.9 Å². The Morgan fingerprint density at radius 1 is 0.500 bits per heavy atom. The molecule has 1 aliphatic rings. The second-order valence-electron chi connectivity index (χ2n) is 9.82. The van der Waals surface area contributed by atoms with Crippen molar-refractivity contribution in [1.29, 1.82) is 0 Å². The largest absolute Gasteiger partial charge is 0.508 e. The van der Waals surface area contributed by atoms with Crippen molar-refractivity contribution in [1.82, 2.24) is 0 Å². The molecule has 0 amide bonds. The zero-order chi connectivity index (χ0) is 27.4. The number of phenols is 2. The minimum Gasteiger partial charge on any atom is -0.508 e. The molecule has 0 radical (unpaired) electrons. The van der Waals surface area contributed by atoms with Crippen LogP contribution < -0.4 is 9.80 Å². The predicted molar refractivity (Wildman–Crippen MR) is 164 cm³/mol. The Morgan fingerprint density at radius 2 is 0.950 bits per heavy atom. The van der Waals surface area contributed by atoms with Gasteiger partial charge in [0.2, 0.25) is 0 Å². The summed E-state index contributed by atoms with van der Waals surface area (Å²) in [5.74, 6) is 0.341. The first-order valence-corrected chi connectivity index (χ1v) is 13.4. The highest BCUT2D eigenvalue weighted by atomic mass is 16.3. The summed E-state index contributed by atoms with van der Waals surface area (Å²) < 4.78 is 0. The van der Waals surface area contributed by atoms with Gasteiger partial charge in [-0.2, -0.15) is 0 Å². The van der Waals surface area contributed by atoms with E-state index in [1.54, 1.807) is 24.3 Å². The Labute approximate surface area is 235 Å². The van der Waals surface area contributed by atoms with Crippen LogP contribution in [-0.4, -0.2) is 15.9 Å². The highest BCUT2D eigenvalue weighted by Gasteiger charge is 2.43. The van der Waals surface area contributed by atoms with Gasteiger partial charge in [-0.3, -0.25) is 0 Å². The number of benzene rings is 5. The summed E-state index contributed by atoms with van der Waals surface area (Å²) in [6.45, 7) is 0. The fraction of sp³-hybridized carbons (Fsp3) is 0.0556. The number of hydrogen-bond acceptors (Lipinski definition) is 4. The predicted octanol–water partition coefficient (Wildman–Crippen LogP) is 8.81. The maximum atomic E-state index is 10.6. The molecule has 0 aromatic heterocycles. The van der Waals surface area contributed by atoms with E-state index in [1.807, 2.05) is 66.7 Å². The van der Waals surface area contributed by atoms with E-state index >= 15 is 0 Å². The van der Waals surface area contributed by atoms with Crippen LogP contribution in [0.25, 0.3) is 5.57 Å². The molecule has 4 heteroatoms. The van der Waals surface area contributed by atoms with E-state index in [1.165, 1.54) is 0 Å². The van der Waals surface area contributed by atoms with Gasteiger partial charge >= 0.3 is 0 Å². The maximum Gasteiger partial charge on any atom is 0.145 e. The number of hydrogen-bond donors (Lipinski definition) is 2. The first kappa shape index (κ1) is 25.1. The van der Waals surface area contributed by atoms with Crippen LogP contribution in [0.3, 0.4) is 0 Å². The summed E-state index contributed by atoms with van der Waals surface area (Å²) in [5.41, 5.74) is 5.12. The zero-order valence-electron chi connectivity index (χ0n) is 22.0. The number of para-hydroxylation sites is 2. The molecule has 5 aromatic rings. The van der Waals surface area contributed by atoms with Crippen LogP contribution in [0.4, 0.5) is 22.7 Å². The fourth-order valence-electron chi connectivity index (χ4n) is 5.51. The molecule has 0 fully saturated rings. The molecule has 0 saturated heterocycles. The fourth-order valence-corrected chi connectivity index (χ4v) is 5.51. The number of phenolic OH excluding ortho intramolecular Hbond substituents is 2. The maximum absolute atomic E-state index is 10.6. The molecule has 0 spiro atoms. The third-order valence-electron chi connectivity index (χ3n) is 7.24. The molecule has 2 N–H and O–H groups in total. The van der Waals surface area contributed by atoms with Crippen molar-refractivity contribution in [3.05, 3.63) is 163 Å². The van der Waals surface area contributed by atoms with Gasteiger partial charge in [-0.1, -0.05) is 91.0 Å². The normalized spacial score (nSPS) is 16.2. The second kappa shape index (κ2) is 10.9. The number of rotatable bonds is 7. The average molecular weight is 523 g/mol. The lowest BCUT2D eigenvalue weighted by Gasteiger charge is -2.52. The summed E-state index contributed by atoms with van der Waals surface area (Å²) in [5, 5.41) is 21.2. The van der Waals surface area contributed by atoms with Gasteiger partial charge in [0.25, 0.3) is 0 Å². The molecule has 6 rings (SSSR count). The minimum absolute atomic E-state index is 0.170. The van der Waals surface area contributed by atoms with Crippen molar-refractivity contribution in [3.63, 3.8) is 0 Å². The van der Waals surface area contributed by atoms with E-state index < -0.39 is 5.66 Å².